The molecular formula is C12H18ClN3O3. The van der Waals surface area contributed by atoms with Crippen LogP contribution in [0.4, 0.5) is 11.5 Å². The molecule has 1 aromatic rings. The van der Waals surface area contributed by atoms with E-state index in [2.05, 4.69) is 10.3 Å². The molecule has 0 aliphatic heterocycles. The Kier molecular flexibility index (Phi) is 5.98. The third-order valence-electron chi connectivity index (χ3n) is 2.87. The van der Waals surface area contributed by atoms with Gasteiger partial charge >= 0.3 is 0 Å². The van der Waals surface area contributed by atoms with Crippen molar-refractivity contribution < 1.29 is 10.0 Å². The van der Waals surface area contributed by atoms with Crippen molar-refractivity contribution in [1.82, 2.24) is 4.98 Å². The lowest BCUT2D eigenvalue weighted by Crippen LogP contribution is -2.23. The van der Waals surface area contributed by atoms with Gasteiger partial charge in [-0.25, -0.2) is 4.98 Å². The molecule has 2 atom stereocenters. The number of rotatable bonds is 7. The number of aliphatic hydroxyl groups excluding tert-OH is 1. The van der Waals surface area contributed by atoms with E-state index >= 15 is 0 Å². The number of hydrogen-bond acceptors (Lipinski definition) is 5. The Bertz CT molecular complexity index is 442. The minimum Gasteiger partial charge on any atom is -0.396 e. The largest absolute Gasteiger partial charge is 0.396 e. The van der Waals surface area contributed by atoms with Crippen LogP contribution in [-0.2, 0) is 0 Å². The number of nitrogens with one attached hydrogen (secondary N) is 1. The third kappa shape index (κ3) is 4.65. The van der Waals surface area contributed by atoms with E-state index in [9.17, 15) is 10.1 Å². The van der Waals surface area contributed by atoms with E-state index in [1.807, 2.05) is 13.8 Å². The molecule has 7 heteroatoms. The standard InChI is InChI=1S/C12H18ClN3O3/c1-3-9(4-8(2)7-17)15-12-11(13)5-10(6-14-12)16(18)19/h5-6,8-9,17H,3-4,7H2,1-2H3,(H,14,15)/t8-,9-/m1/s1. The molecule has 0 amide bonds. The fourth-order valence-corrected chi connectivity index (χ4v) is 1.93. The molecule has 0 spiro atoms. The summed E-state index contributed by atoms with van der Waals surface area (Å²) in [7, 11) is 0. The van der Waals surface area contributed by atoms with Gasteiger partial charge < -0.3 is 10.4 Å². The van der Waals surface area contributed by atoms with Gasteiger partial charge in [0.1, 0.15) is 12.0 Å². The zero-order chi connectivity index (χ0) is 14.4. The Labute approximate surface area is 117 Å². The van der Waals surface area contributed by atoms with Crippen molar-refractivity contribution in [3.05, 3.63) is 27.4 Å². The second kappa shape index (κ2) is 7.25. The second-order valence-corrected chi connectivity index (χ2v) is 4.96. The fraction of sp³-hybridized carbons (Fsp3) is 0.583. The summed E-state index contributed by atoms with van der Waals surface area (Å²) in [5.74, 6) is 0.610. The first-order valence-electron chi connectivity index (χ1n) is 6.15. The summed E-state index contributed by atoms with van der Waals surface area (Å²) in [5.41, 5.74) is -0.132. The lowest BCUT2D eigenvalue weighted by molar-refractivity contribution is -0.385. The first-order chi connectivity index (χ1) is 8.97. The minimum absolute atomic E-state index is 0.119. The Hall–Kier alpha value is -1.40. The van der Waals surface area contributed by atoms with Gasteiger partial charge in [-0.05, 0) is 18.8 Å². The number of nitrogens with zero attached hydrogens (tertiary/aromatic N) is 2. The minimum atomic E-state index is -0.534. The smallest absolute Gasteiger partial charge is 0.289 e. The van der Waals surface area contributed by atoms with Crippen molar-refractivity contribution in [2.45, 2.75) is 32.7 Å². The summed E-state index contributed by atoms with van der Waals surface area (Å²) in [6.07, 6.45) is 2.80. The van der Waals surface area contributed by atoms with E-state index in [4.69, 9.17) is 16.7 Å². The lowest BCUT2D eigenvalue weighted by atomic mass is 10.0. The molecule has 0 saturated heterocycles. The van der Waals surface area contributed by atoms with Crippen LogP contribution in [0, 0.1) is 16.0 Å². The Morgan fingerprint density at radius 3 is 2.79 bits per heavy atom. The van der Waals surface area contributed by atoms with E-state index in [-0.39, 0.29) is 29.3 Å². The molecule has 1 rings (SSSR count). The molecule has 0 bridgehead atoms. The third-order valence-corrected chi connectivity index (χ3v) is 3.16. The molecule has 106 valence electrons. The highest BCUT2D eigenvalue weighted by Gasteiger charge is 2.15. The molecule has 1 aromatic heterocycles. The van der Waals surface area contributed by atoms with Crippen LogP contribution in [0.3, 0.4) is 0 Å². The summed E-state index contributed by atoms with van der Waals surface area (Å²) < 4.78 is 0. The van der Waals surface area contributed by atoms with Crippen LogP contribution < -0.4 is 5.32 Å². The summed E-state index contributed by atoms with van der Waals surface area (Å²) in [4.78, 5) is 14.0. The van der Waals surface area contributed by atoms with Crippen LogP contribution in [0.25, 0.3) is 0 Å². The molecule has 0 fully saturated rings. The number of aliphatic hydroxyl groups is 1. The monoisotopic (exact) mass is 287 g/mol. The summed E-state index contributed by atoms with van der Waals surface area (Å²) in [6.45, 7) is 4.09. The molecule has 6 nitrogen and oxygen atoms in total. The maximum Gasteiger partial charge on any atom is 0.289 e. The number of nitro groups is 1. The van der Waals surface area contributed by atoms with Crippen LogP contribution in [0.1, 0.15) is 26.7 Å². The van der Waals surface area contributed by atoms with Crippen LogP contribution in [0.5, 0.6) is 0 Å². The van der Waals surface area contributed by atoms with Crippen LogP contribution in [-0.4, -0.2) is 27.7 Å². The van der Waals surface area contributed by atoms with Crippen molar-refractivity contribution in [1.29, 1.82) is 0 Å². The van der Waals surface area contributed by atoms with Gasteiger partial charge in [-0.2, -0.15) is 0 Å². The zero-order valence-electron chi connectivity index (χ0n) is 11.0. The van der Waals surface area contributed by atoms with Gasteiger partial charge in [0, 0.05) is 18.7 Å². The molecule has 2 N–H and O–H groups in total. The van der Waals surface area contributed by atoms with Gasteiger partial charge in [-0.15, -0.1) is 0 Å². The van der Waals surface area contributed by atoms with E-state index < -0.39 is 4.92 Å². The maximum atomic E-state index is 10.6. The summed E-state index contributed by atoms with van der Waals surface area (Å²) in [5, 5.41) is 23.0. The van der Waals surface area contributed by atoms with E-state index in [0.717, 1.165) is 12.8 Å². The van der Waals surface area contributed by atoms with Gasteiger partial charge in [0.05, 0.1) is 9.95 Å². The fourth-order valence-electron chi connectivity index (χ4n) is 1.72. The SMILES string of the molecule is CC[C@H](C[C@@H](C)CO)Nc1ncc([N+](=O)[O-])cc1Cl. The quantitative estimate of drug-likeness (QED) is 0.594. The van der Waals surface area contributed by atoms with E-state index in [1.54, 1.807) is 0 Å². The number of pyridine rings is 1. The average molecular weight is 288 g/mol. The van der Waals surface area contributed by atoms with Crippen molar-refractivity contribution in [3.8, 4) is 0 Å². The number of aromatic nitrogens is 1. The molecule has 0 aliphatic carbocycles. The molecule has 0 aliphatic rings. The highest BCUT2D eigenvalue weighted by atomic mass is 35.5. The molecule has 1 heterocycles. The normalized spacial score (nSPS) is 13.9. The maximum absolute atomic E-state index is 10.6. The molecular weight excluding hydrogens is 270 g/mol. The van der Waals surface area contributed by atoms with Crippen molar-refractivity contribution in [3.63, 3.8) is 0 Å². The van der Waals surface area contributed by atoms with Gasteiger partial charge in [0.25, 0.3) is 5.69 Å². The molecule has 0 radical (unpaired) electrons. The molecule has 0 saturated carbocycles. The van der Waals surface area contributed by atoms with Gasteiger partial charge in [-0.1, -0.05) is 25.4 Å². The highest BCUT2D eigenvalue weighted by molar-refractivity contribution is 6.33. The number of halogens is 1. The molecule has 0 unspecified atom stereocenters. The van der Waals surface area contributed by atoms with Crippen LogP contribution >= 0.6 is 11.6 Å². The summed E-state index contributed by atoms with van der Waals surface area (Å²) in [6, 6.07) is 1.40. The Balaban J connectivity index is 2.77. The second-order valence-electron chi connectivity index (χ2n) is 4.55. The van der Waals surface area contributed by atoms with E-state index in [1.165, 1.54) is 12.3 Å². The zero-order valence-corrected chi connectivity index (χ0v) is 11.7. The predicted octanol–water partition coefficient (Wildman–Crippen LogP) is 2.85. The van der Waals surface area contributed by atoms with Crippen LogP contribution in [0.15, 0.2) is 12.3 Å². The number of anilines is 1. The van der Waals surface area contributed by atoms with E-state index in [0.29, 0.717) is 5.82 Å². The first kappa shape index (κ1) is 15.7. The van der Waals surface area contributed by atoms with Crippen molar-refractivity contribution in [2.24, 2.45) is 5.92 Å². The number of hydrogen-bond donors (Lipinski definition) is 2. The van der Waals surface area contributed by atoms with Crippen LogP contribution in [0.2, 0.25) is 5.02 Å². The predicted molar refractivity (Wildman–Crippen MR) is 74.5 cm³/mol. The molecule has 19 heavy (non-hydrogen) atoms. The van der Waals surface area contributed by atoms with Crippen molar-refractivity contribution >= 4 is 23.1 Å². The van der Waals surface area contributed by atoms with Crippen molar-refractivity contribution in [2.75, 3.05) is 11.9 Å². The topological polar surface area (TPSA) is 88.3 Å². The lowest BCUT2D eigenvalue weighted by Gasteiger charge is -2.20. The van der Waals surface area contributed by atoms with Gasteiger partial charge in [-0.3, -0.25) is 10.1 Å². The summed E-state index contributed by atoms with van der Waals surface area (Å²) >= 11 is 5.97. The van der Waals surface area contributed by atoms with Gasteiger partial charge in [0.2, 0.25) is 0 Å². The molecule has 0 aromatic carbocycles. The Morgan fingerprint density at radius 2 is 2.32 bits per heavy atom. The Morgan fingerprint density at radius 1 is 1.63 bits per heavy atom. The first-order valence-corrected chi connectivity index (χ1v) is 6.53. The average Bonchev–Trinajstić information content (AvgIpc) is 2.39. The highest BCUT2D eigenvalue weighted by Crippen LogP contribution is 2.25. The van der Waals surface area contributed by atoms with Gasteiger partial charge in [0.15, 0.2) is 0 Å².